The topological polar surface area (TPSA) is 65.8 Å². The summed E-state index contributed by atoms with van der Waals surface area (Å²) in [5.41, 5.74) is 4.74. The monoisotopic (exact) mass is 337 g/mol. The second-order valence-electron chi connectivity index (χ2n) is 6.03. The van der Waals surface area contributed by atoms with Gasteiger partial charge in [-0.2, -0.15) is 5.26 Å². The molecule has 0 fully saturated rings. The zero-order valence-corrected chi connectivity index (χ0v) is 14.6. The molecule has 1 amide bonds. The summed E-state index contributed by atoms with van der Waals surface area (Å²) in [6, 6.07) is 11.8. The van der Waals surface area contributed by atoms with Crippen LogP contribution >= 0.6 is 11.8 Å². The molecule has 1 aromatic heterocycles. The Kier molecular flexibility index (Phi) is 4.86. The molecule has 0 radical (unpaired) electrons. The third-order valence-corrected chi connectivity index (χ3v) is 5.22. The summed E-state index contributed by atoms with van der Waals surface area (Å²) in [4.78, 5) is 17.0. The predicted octanol–water partition coefficient (Wildman–Crippen LogP) is 3.87. The summed E-state index contributed by atoms with van der Waals surface area (Å²) in [7, 11) is 0. The van der Waals surface area contributed by atoms with Crippen LogP contribution in [0.1, 0.15) is 35.7 Å². The van der Waals surface area contributed by atoms with E-state index in [0.717, 1.165) is 36.2 Å². The summed E-state index contributed by atoms with van der Waals surface area (Å²) in [5, 5.41) is 12.6. The first kappa shape index (κ1) is 16.5. The highest BCUT2D eigenvalue weighted by Gasteiger charge is 2.21. The van der Waals surface area contributed by atoms with E-state index in [4.69, 9.17) is 0 Å². The molecule has 0 spiro atoms. The van der Waals surface area contributed by atoms with Crippen LogP contribution in [0.5, 0.6) is 0 Å². The lowest BCUT2D eigenvalue weighted by molar-refractivity contribution is -0.115. The van der Waals surface area contributed by atoms with Gasteiger partial charge in [0.05, 0.1) is 10.8 Å². The van der Waals surface area contributed by atoms with E-state index in [1.807, 2.05) is 44.2 Å². The molecule has 24 heavy (non-hydrogen) atoms. The Morgan fingerprint density at radius 1 is 1.33 bits per heavy atom. The van der Waals surface area contributed by atoms with Crippen molar-refractivity contribution < 1.29 is 4.79 Å². The highest BCUT2D eigenvalue weighted by atomic mass is 32.2. The Morgan fingerprint density at radius 3 is 2.79 bits per heavy atom. The molecule has 122 valence electrons. The van der Waals surface area contributed by atoms with Gasteiger partial charge in [-0.1, -0.05) is 29.5 Å². The maximum Gasteiger partial charge on any atom is 0.237 e. The summed E-state index contributed by atoms with van der Waals surface area (Å²) < 4.78 is 0. The molecular formula is C19H19N3OS. The first-order valence-electron chi connectivity index (χ1n) is 8.04. The average Bonchev–Trinajstić information content (AvgIpc) is 3.03. The highest BCUT2D eigenvalue weighted by Crippen LogP contribution is 2.30. The van der Waals surface area contributed by atoms with Crippen molar-refractivity contribution in [2.45, 2.75) is 43.4 Å². The van der Waals surface area contributed by atoms with Gasteiger partial charge in [0.15, 0.2) is 0 Å². The van der Waals surface area contributed by atoms with Crippen molar-refractivity contribution in [3.8, 4) is 6.07 Å². The van der Waals surface area contributed by atoms with Crippen LogP contribution < -0.4 is 5.32 Å². The smallest absolute Gasteiger partial charge is 0.237 e. The molecule has 1 aliphatic rings. The minimum Gasteiger partial charge on any atom is -0.325 e. The molecule has 0 bridgehead atoms. The number of benzene rings is 1. The molecule has 1 N–H and O–H groups in total. The minimum absolute atomic E-state index is 0.0879. The van der Waals surface area contributed by atoms with Gasteiger partial charge in [-0.25, -0.2) is 4.98 Å². The standard InChI is InChI=1S/C19H19N3OS/c1-12-6-8-16(9-7-12)21-18(23)13(2)24-19-15(11-20)10-14-4-3-5-17(14)22-19/h6-10,13H,3-5H2,1-2H3,(H,21,23). The number of carbonyl (C=O) groups is 1. The third kappa shape index (κ3) is 3.60. The molecule has 3 rings (SSSR count). The first-order valence-corrected chi connectivity index (χ1v) is 8.92. The fourth-order valence-electron chi connectivity index (χ4n) is 2.72. The maximum atomic E-state index is 12.4. The lowest BCUT2D eigenvalue weighted by Crippen LogP contribution is -2.22. The molecule has 1 aliphatic carbocycles. The number of carbonyl (C=O) groups excluding carboxylic acids is 1. The molecule has 0 saturated heterocycles. The summed E-state index contributed by atoms with van der Waals surface area (Å²) in [6.45, 7) is 3.84. The van der Waals surface area contributed by atoms with Gasteiger partial charge in [-0.15, -0.1) is 0 Å². The number of aromatic nitrogens is 1. The number of anilines is 1. The van der Waals surface area contributed by atoms with E-state index >= 15 is 0 Å². The molecule has 0 aliphatic heterocycles. The lowest BCUT2D eigenvalue weighted by atomic mass is 10.2. The van der Waals surface area contributed by atoms with Gasteiger partial charge in [0.1, 0.15) is 11.1 Å². The van der Waals surface area contributed by atoms with Crippen molar-refractivity contribution in [3.63, 3.8) is 0 Å². The van der Waals surface area contributed by atoms with Crippen LogP contribution in [0.25, 0.3) is 0 Å². The normalized spacial score (nSPS) is 13.9. The van der Waals surface area contributed by atoms with Crippen LogP contribution in [0.4, 0.5) is 5.69 Å². The van der Waals surface area contributed by atoms with Crippen LogP contribution in [0, 0.1) is 18.3 Å². The number of rotatable bonds is 4. The Labute approximate surface area is 146 Å². The van der Waals surface area contributed by atoms with Crippen molar-refractivity contribution >= 4 is 23.4 Å². The van der Waals surface area contributed by atoms with Gasteiger partial charge in [0, 0.05) is 11.4 Å². The maximum absolute atomic E-state index is 12.4. The quantitative estimate of drug-likeness (QED) is 0.860. The molecule has 5 heteroatoms. The number of nitriles is 1. The van der Waals surface area contributed by atoms with Crippen molar-refractivity contribution in [3.05, 3.63) is 52.7 Å². The van der Waals surface area contributed by atoms with Crippen LogP contribution in [0.3, 0.4) is 0 Å². The van der Waals surface area contributed by atoms with E-state index in [1.54, 1.807) is 0 Å². The predicted molar refractivity (Wildman–Crippen MR) is 96.1 cm³/mol. The molecule has 2 aromatic rings. The highest BCUT2D eigenvalue weighted by molar-refractivity contribution is 8.00. The fraction of sp³-hybridized carbons (Fsp3) is 0.316. The minimum atomic E-state index is -0.328. The Morgan fingerprint density at radius 2 is 2.08 bits per heavy atom. The zero-order valence-electron chi connectivity index (χ0n) is 13.8. The zero-order chi connectivity index (χ0) is 17.1. The number of thioether (sulfide) groups is 1. The summed E-state index contributed by atoms with van der Waals surface area (Å²) in [5.74, 6) is -0.0879. The number of nitrogens with zero attached hydrogens (tertiary/aromatic N) is 2. The van der Waals surface area contributed by atoms with E-state index in [9.17, 15) is 10.1 Å². The van der Waals surface area contributed by atoms with E-state index in [-0.39, 0.29) is 11.2 Å². The van der Waals surface area contributed by atoms with Crippen molar-refractivity contribution in [1.82, 2.24) is 4.98 Å². The molecule has 4 nitrogen and oxygen atoms in total. The van der Waals surface area contributed by atoms with Crippen LogP contribution in [-0.4, -0.2) is 16.1 Å². The van der Waals surface area contributed by atoms with Gasteiger partial charge in [-0.3, -0.25) is 4.79 Å². The molecule has 1 atom stereocenters. The number of amides is 1. The molecule has 1 unspecified atom stereocenters. The Hall–Kier alpha value is -2.32. The Bertz CT molecular complexity index is 809. The number of hydrogen-bond donors (Lipinski definition) is 1. The summed E-state index contributed by atoms with van der Waals surface area (Å²) in [6.07, 6.45) is 3.04. The molecule has 0 saturated carbocycles. The number of fused-ring (bicyclic) bond motifs is 1. The lowest BCUT2D eigenvalue weighted by Gasteiger charge is -2.13. The van der Waals surface area contributed by atoms with E-state index in [0.29, 0.717) is 10.6 Å². The average molecular weight is 337 g/mol. The van der Waals surface area contributed by atoms with Crippen LogP contribution in [-0.2, 0) is 17.6 Å². The SMILES string of the molecule is Cc1ccc(NC(=O)C(C)Sc2nc3c(cc2C#N)CCC3)cc1. The van der Waals surface area contributed by atoms with Crippen LogP contribution in [0.15, 0.2) is 35.4 Å². The number of aryl methyl sites for hydroxylation is 3. The van der Waals surface area contributed by atoms with Gasteiger partial charge in [-0.05, 0) is 56.9 Å². The van der Waals surface area contributed by atoms with Gasteiger partial charge < -0.3 is 5.32 Å². The number of nitrogens with one attached hydrogen (secondary N) is 1. The van der Waals surface area contributed by atoms with Gasteiger partial charge in [0.25, 0.3) is 0 Å². The van der Waals surface area contributed by atoms with E-state index < -0.39 is 0 Å². The molecular weight excluding hydrogens is 318 g/mol. The van der Waals surface area contributed by atoms with Crippen molar-refractivity contribution in [2.24, 2.45) is 0 Å². The van der Waals surface area contributed by atoms with Crippen molar-refractivity contribution in [1.29, 1.82) is 5.26 Å². The third-order valence-electron chi connectivity index (χ3n) is 4.11. The second kappa shape index (κ2) is 7.06. The van der Waals surface area contributed by atoms with Crippen LogP contribution in [0.2, 0.25) is 0 Å². The molecule has 1 aromatic carbocycles. The van der Waals surface area contributed by atoms with E-state index in [1.165, 1.54) is 17.3 Å². The Balaban J connectivity index is 1.72. The second-order valence-corrected chi connectivity index (χ2v) is 7.36. The van der Waals surface area contributed by atoms with Gasteiger partial charge >= 0.3 is 0 Å². The summed E-state index contributed by atoms with van der Waals surface area (Å²) >= 11 is 1.35. The number of pyridine rings is 1. The van der Waals surface area contributed by atoms with Gasteiger partial charge in [0.2, 0.25) is 5.91 Å². The molecule has 1 heterocycles. The largest absolute Gasteiger partial charge is 0.325 e. The fourth-order valence-corrected chi connectivity index (χ4v) is 3.62. The first-order chi connectivity index (χ1) is 11.6. The number of hydrogen-bond acceptors (Lipinski definition) is 4. The van der Waals surface area contributed by atoms with Crippen molar-refractivity contribution in [2.75, 3.05) is 5.32 Å². The van der Waals surface area contributed by atoms with E-state index in [2.05, 4.69) is 16.4 Å².